The van der Waals surface area contributed by atoms with E-state index in [2.05, 4.69) is 14.9 Å². The molecule has 222 valence electrons. The van der Waals surface area contributed by atoms with E-state index in [0.717, 1.165) is 31.9 Å². The predicted molar refractivity (Wildman–Crippen MR) is 143 cm³/mol. The molecule has 40 heavy (non-hydrogen) atoms. The number of ether oxygens (including phenoxy) is 2. The highest BCUT2D eigenvalue weighted by atomic mass is 32.2. The number of sulfonamides is 1. The molecule has 1 heterocycles. The van der Waals surface area contributed by atoms with Gasteiger partial charge in [0.15, 0.2) is 11.5 Å². The van der Waals surface area contributed by atoms with E-state index >= 15 is 0 Å². The topological polar surface area (TPSA) is 138 Å². The minimum absolute atomic E-state index is 0.0342. The molecule has 3 N–H and O–H groups in total. The fourth-order valence-corrected chi connectivity index (χ4v) is 4.89. The maximum atomic E-state index is 13.3. The van der Waals surface area contributed by atoms with Crippen molar-refractivity contribution in [1.82, 2.24) is 10.2 Å². The molecule has 0 unspecified atom stereocenters. The lowest BCUT2D eigenvalue weighted by Gasteiger charge is -2.31. The second-order valence-electron chi connectivity index (χ2n) is 8.37. The number of nitrogens with one attached hydrogen (secondary N) is 2. The Morgan fingerprint density at radius 2 is 1.60 bits per heavy atom. The molecule has 2 aromatic rings. The van der Waals surface area contributed by atoms with E-state index in [9.17, 15) is 26.4 Å². The van der Waals surface area contributed by atoms with Gasteiger partial charge in [0.1, 0.15) is 0 Å². The van der Waals surface area contributed by atoms with Crippen LogP contribution in [0, 0.1) is 0 Å². The number of carbonyl (C=O) groups is 2. The molecule has 2 aromatic carbocycles. The second kappa shape index (κ2) is 14.1. The number of nitrogens with zero attached hydrogens (tertiary/aromatic N) is 2. The number of carboxylic acids is 1. The van der Waals surface area contributed by atoms with Gasteiger partial charge in [-0.1, -0.05) is 0 Å². The molecule has 0 aliphatic carbocycles. The summed E-state index contributed by atoms with van der Waals surface area (Å²) in [5.74, 6) is -2.15. The number of amides is 1. The molecule has 0 aromatic heterocycles. The number of anilines is 2. The Morgan fingerprint density at radius 3 is 2.10 bits per heavy atom. The van der Waals surface area contributed by atoms with Gasteiger partial charge in [-0.2, -0.15) is 13.2 Å². The van der Waals surface area contributed by atoms with Crippen molar-refractivity contribution in [2.75, 3.05) is 63.1 Å². The van der Waals surface area contributed by atoms with Crippen LogP contribution in [0.3, 0.4) is 0 Å². The first kappa shape index (κ1) is 32.5. The quantitative estimate of drug-likeness (QED) is 0.403. The monoisotopic (exact) mass is 590 g/mol. The van der Waals surface area contributed by atoms with Crippen LogP contribution in [-0.4, -0.2) is 90.0 Å². The molecule has 11 nitrogen and oxygen atoms in total. The summed E-state index contributed by atoms with van der Waals surface area (Å²) in [6.45, 7) is 8.02. The zero-order chi connectivity index (χ0) is 30.1. The van der Waals surface area contributed by atoms with E-state index in [1.54, 1.807) is 23.1 Å². The number of aliphatic carboxylic acids is 1. The smallest absolute Gasteiger partial charge is 0.490 e. The minimum atomic E-state index is -5.08. The van der Waals surface area contributed by atoms with Gasteiger partial charge >= 0.3 is 12.1 Å². The second-order valence-corrected chi connectivity index (χ2v) is 10.1. The Kier molecular flexibility index (Phi) is 11.4. The van der Waals surface area contributed by atoms with Gasteiger partial charge in [-0.25, -0.2) is 13.2 Å². The molecule has 1 aliphatic rings. The highest BCUT2D eigenvalue weighted by Gasteiger charge is 2.38. The van der Waals surface area contributed by atoms with Crippen molar-refractivity contribution in [2.45, 2.75) is 24.9 Å². The van der Waals surface area contributed by atoms with Crippen molar-refractivity contribution in [2.24, 2.45) is 0 Å². The maximum Gasteiger partial charge on any atom is 0.490 e. The molecule has 0 spiro atoms. The summed E-state index contributed by atoms with van der Waals surface area (Å²) in [5, 5.41) is 10.4. The largest absolute Gasteiger partial charge is 0.493 e. The van der Waals surface area contributed by atoms with Crippen LogP contribution >= 0.6 is 0 Å². The van der Waals surface area contributed by atoms with Crippen LogP contribution < -0.4 is 24.4 Å². The third kappa shape index (κ3) is 8.39. The first-order valence-electron chi connectivity index (χ1n) is 12.2. The highest BCUT2D eigenvalue weighted by molar-refractivity contribution is 7.92. The molecule has 1 saturated heterocycles. The SMILES string of the molecule is CCN(CC)C(=O)c1ccc(N2CCNCC2)c(NS(=O)(=O)c2ccc(OC)c(OC)c2)c1.O=C(O)C(F)(F)F. The molecular formula is C25H33F3N4O7S. The Hall–Kier alpha value is -3.72. The number of methoxy groups -OCH3 is 2. The molecule has 0 radical (unpaired) electrons. The lowest BCUT2D eigenvalue weighted by Crippen LogP contribution is -2.43. The molecule has 15 heteroatoms. The number of alkyl halides is 3. The Balaban J connectivity index is 0.000000708. The first-order valence-corrected chi connectivity index (χ1v) is 13.7. The van der Waals surface area contributed by atoms with Gasteiger partial charge < -0.3 is 29.7 Å². The summed E-state index contributed by atoms with van der Waals surface area (Å²) in [6, 6.07) is 9.61. The van der Waals surface area contributed by atoms with Gasteiger partial charge in [0.2, 0.25) is 0 Å². The van der Waals surface area contributed by atoms with Crippen LogP contribution in [0.15, 0.2) is 41.3 Å². The van der Waals surface area contributed by atoms with E-state index in [1.165, 1.54) is 26.4 Å². The predicted octanol–water partition coefficient (Wildman–Crippen LogP) is 3.03. The zero-order valence-electron chi connectivity index (χ0n) is 22.5. The average Bonchev–Trinajstić information content (AvgIpc) is 2.93. The van der Waals surface area contributed by atoms with E-state index in [4.69, 9.17) is 19.4 Å². The number of carbonyl (C=O) groups excluding carboxylic acids is 1. The van der Waals surface area contributed by atoms with Crippen molar-refractivity contribution < 1.29 is 45.8 Å². The van der Waals surface area contributed by atoms with E-state index in [-0.39, 0.29) is 10.8 Å². The van der Waals surface area contributed by atoms with E-state index < -0.39 is 22.2 Å². The van der Waals surface area contributed by atoms with Gasteiger partial charge in [-0.3, -0.25) is 9.52 Å². The third-order valence-corrected chi connectivity index (χ3v) is 7.27. The number of hydrogen-bond donors (Lipinski definition) is 3. The number of carboxylic acid groups (broad SMARTS) is 1. The number of piperazine rings is 1. The lowest BCUT2D eigenvalue weighted by molar-refractivity contribution is -0.192. The van der Waals surface area contributed by atoms with Crippen molar-refractivity contribution in [3.8, 4) is 11.5 Å². The third-order valence-electron chi connectivity index (χ3n) is 5.90. The van der Waals surface area contributed by atoms with Crippen LogP contribution in [0.4, 0.5) is 24.5 Å². The van der Waals surface area contributed by atoms with E-state index in [1.807, 2.05) is 19.9 Å². The maximum absolute atomic E-state index is 13.3. The molecule has 1 fully saturated rings. The summed E-state index contributed by atoms with van der Waals surface area (Å²) < 4.78 is 71.5. The van der Waals surface area contributed by atoms with Gasteiger partial charge in [-0.15, -0.1) is 0 Å². The van der Waals surface area contributed by atoms with Crippen LogP contribution in [0.5, 0.6) is 11.5 Å². The molecule has 0 saturated carbocycles. The molecule has 1 amide bonds. The van der Waals surface area contributed by atoms with Crippen molar-refractivity contribution in [1.29, 1.82) is 0 Å². The van der Waals surface area contributed by atoms with Gasteiger partial charge in [0.05, 0.1) is 30.5 Å². The molecule has 1 aliphatic heterocycles. The van der Waals surface area contributed by atoms with E-state index in [0.29, 0.717) is 35.8 Å². The number of halogens is 3. The Labute approximate surface area is 230 Å². The average molecular weight is 591 g/mol. The van der Waals surface area contributed by atoms with Crippen LogP contribution in [0.25, 0.3) is 0 Å². The Morgan fingerprint density at radius 1 is 1.02 bits per heavy atom. The standard InChI is InChI=1S/C23H32N4O5S.C2HF3O2/c1-5-26(6-2)23(28)17-7-9-20(27-13-11-24-12-14-27)19(15-17)25-33(29,30)18-8-10-21(31-3)22(16-18)32-4;3-2(4,5)1(6)7/h7-10,15-16,24-25H,5-6,11-14H2,1-4H3;(H,6,7). The molecule has 0 bridgehead atoms. The lowest BCUT2D eigenvalue weighted by atomic mass is 10.1. The van der Waals surface area contributed by atoms with Gasteiger partial charge in [-0.05, 0) is 44.2 Å². The van der Waals surface area contributed by atoms with Crippen molar-refractivity contribution in [3.05, 3.63) is 42.0 Å². The molecule has 3 rings (SSSR count). The summed E-state index contributed by atoms with van der Waals surface area (Å²) >= 11 is 0. The summed E-state index contributed by atoms with van der Waals surface area (Å²) in [4.78, 5) is 25.7. The highest BCUT2D eigenvalue weighted by Crippen LogP contribution is 2.33. The number of benzene rings is 2. The molecular weight excluding hydrogens is 557 g/mol. The number of rotatable bonds is 9. The van der Waals surface area contributed by atoms with Gasteiger partial charge in [0, 0.05) is 50.9 Å². The minimum Gasteiger partial charge on any atom is -0.493 e. The number of hydrogen-bond acceptors (Lipinski definition) is 8. The Bertz CT molecular complexity index is 1280. The van der Waals surface area contributed by atoms with Crippen molar-refractivity contribution in [3.63, 3.8) is 0 Å². The van der Waals surface area contributed by atoms with Gasteiger partial charge in [0.25, 0.3) is 15.9 Å². The summed E-state index contributed by atoms with van der Waals surface area (Å²) in [5.41, 5.74) is 1.53. The van der Waals surface area contributed by atoms with Crippen molar-refractivity contribution >= 4 is 33.3 Å². The van der Waals surface area contributed by atoms with Crippen LogP contribution in [0.1, 0.15) is 24.2 Å². The summed E-state index contributed by atoms with van der Waals surface area (Å²) in [6.07, 6.45) is -5.08. The van der Waals surface area contributed by atoms with Crippen LogP contribution in [0.2, 0.25) is 0 Å². The molecule has 0 atom stereocenters. The zero-order valence-corrected chi connectivity index (χ0v) is 23.4. The fourth-order valence-electron chi connectivity index (χ4n) is 3.81. The normalized spacial score (nSPS) is 13.5. The summed E-state index contributed by atoms with van der Waals surface area (Å²) in [7, 11) is -1.02. The van der Waals surface area contributed by atoms with Crippen LogP contribution in [-0.2, 0) is 14.8 Å². The fraction of sp³-hybridized carbons (Fsp3) is 0.440. The first-order chi connectivity index (χ1) is 18.8.